The molecule has 0 unspecified atom stereocenters. The molecule has 46 heavy (non-hydrogen) atoms. The first-order chi connectivity index (χ1) is 21.6. The van der Waals surface area contributed by atoms with Gasteiger partial charge in [-0.1, -0.05) is 55.8 Å². The van der Waals surface area contributed by atoms with Crippen molar-refractivity contribution >= 4 is 22.7 Å². The zero-order valence-electron chi connectivity index (χ0n) is 27.5. The van der Waals surface area contributed by atoms with E-state index in [-0.39, 0.29) is 17.3 Å². The summed E-state index contributed by atoms with van der Waals surface area (Å²) in [6.45, 7) is 14.2. The van der Waals surface area contributed by atoms with Gasteiger partial charge >= 0.3 is 6.18 Å². The monoisotopic (exact) mass is 643 g/mol. The summed E-state index contributed by atoms with van der Waals surface area (Å²) in [6, 6.07) is 14.2. The number of hydrogen-bond acceptors (Lipinski definition) is 7. The third-order valence-corrected chi connectivity index (χ3v) is 7.49. The molecule has 12 heteroatoms. The molecule has 9 nitrogen and oxygen atoms in total. The maximum atomic E-state index is 13.0. The molecule has 3 heterocycles. The summed E-state index contributed by atoms with van der Waals surface area (Å²) in [5.41, 5.74) is 7.40. The number of amides is 2. The van der Waals surface area contributed by atoms with E-state index >= 15 is 0 Å². The highest BCUT2D eigenvalue weighted by Gasteiger charge is 2.36. The number of fused-ring (bicyclic) bond motifs is 1. The van der Waals surface area contributed by atoms with Crippen LogP contribution in [0, 0.1) is 13.8 Å². The van der Waals surface area contributed by atoms with Crippen molar-refractivity contribution in [3.05, 3.63) is 82.9 Å². The van der Waals surface area contributed by atoms with Crippen LogP contribution in [0.25, 0.3) is 10.9 Å². The lowest BCUT2D eigenvalue weighted by molar-refractivity contribution is -0.141. The number of carbonyl (C=O) groups is 2. The van der Waals surface area contributed by atoms with E-state index in [1.807, 2.05) is 70.7 Å². The van der Waals surface area contributed by atoms with Crippen LogP contribution in [0.1, 0.15) is 50.1 Å². The summed E-state index contributed by atoms with van der Waals surface area (Å²) in [5.74, 6) is 0.379. The summed E-state index contributed by atoms with van der Waals surface area (Å²) < 4.78 is 47.7. The first kappa shape index (κ1) is 36.2. The Morgan fingerprint density at radius 2 is 1.54 bits per heavy atom. The van der Waals surface area contributed by atoms with Gasteiger partial charge in [0.05, 0.1) is 12.5 Å². The topological polar surface area (TPSA) is 110 Å². The van der Waals surface area contributed by atoms with Crippen LogP contribution in [-0.4, -0.2) is 72.7 Å². The van der Waals surface area contributed by atoms with Crippen LogP contribution in [0.5, 0.6) is 5.75 Å². The van der Waals surface area contributed by atoms with Crippen molar-refractivity contribution < 1.29 is 32.2 Å². The van der Waals surface area contributed by atoms with Crippen LogP contribution in [0.2, 0.25) is 0 Å². The molecule has 0 radical (unpaired) electrons. The number of hydrogen-bond donors (Lipinski definition) is 2. The Hall–Kier alpha value is -4.32. The quantitative estimate of drug-likeness (QED) is 0.398. The molecule has 0 saturated carbocycles. The zero-order chi connectivity index (χ0) is 34.2. The minimum Gasteiger partial charge on any atom is -0.494 e. The van der Waals surface area contributed by atoms with Crippen LogP contribution in [0.3, 0.4) is 0 Å². The number of alkyl halides is 3. The molecule has 2 aliphatic rings. The molecule has 1 aromatic heterocycles. The van der Waals surface area contributed by atoms with Gasteiger partial charge in [0, 0.05) is 31.6 Å². The van der Waals surface area contributed by atoms with E-state index in [0.29, 0.717) is 55.8 Å². The molecule has 1 saturated heterocycles. The zero-order valence-corrected chi connectivity index (χ0v) is 27.5. The highest BCUT2D eigenvalue weighted by Crippen LogP contribution is 2.33. The van der Waals surface area contributed by atoms with Crippen LogP contribution >= 0.6 is 0 Å². The Balaban J connectivity index is 0.000000237. The largest absolute Gasteiger partial charge is 0.494 e. The summed E-state index contributed by atoms with van der Waals surface area (Å²) in [7, 11) is 1.41. The molecular formula is C34H44F3N5O4. The fourth-order valence-corrected chi connectivity index (χ4v) is 4.84. The highest BCUT2D eigenvalue weighted by molar-refractivity contribution is 5.93. The summed E-state index contributed by atoms with van der Waals surface area (Å²) in [6.07, 6.45) is -2.98. The lowest BCUT2D eigenvalue weighted by atomic mass is 9.82. The van der Waals surface area contributed by atoms with Crippen molar-refractivity contribution in [3.63, 3.8) is 0 Å². The maximum absolute atomic E-state index is 13.0. The van der Waals surface area contributed by atoms with Gasteiger partial charge in [-0.15, -0.1) is 0 Å². The van der Waals surface area contributed by atoms with Gasteiger partial charge in [0.1, 0.15) is 28.9 Å². The minimum atomic E-state index is -4.44. The number of benzene rings is 2. The minimum absolute atomic E-state index is 0.0672. The van der Waals surface area contributed by atoms with Gasteiger partial charge in [-0.25, -0.2) is 4.98 Å². The number of nitrogens with two attached hydrogens (primary N) is 1. The van der Waals surface area contributed by atoms with E-state index in [2.05, 4.69) is 10.3 Å². The number of pyridine rings is 1. The van der Waals surface area contributed by atoms with Gasteiger partial charge in [-0.2, -0.15) is 13.2 Å². The number of methoxy groups -OCH3 is 1. The highest BCUT2D eigenvalue weighted by atomic mass is 19.4. The average molecular weight is 644 g/mol. The molecule has 3 N–H and O–H groups in total. The van der Waals surface area contributed by atoms with Crippen molar-refractivity contribution in [2.75, 3.05) is 40.0 Å². The third-order valence-electron chi connectivity index (χ3n) is 7.49. The SMILES string of the molecule is CC(C)N.COc1ccc(C)c2ccc(C(F)(F)F)nc12.Cc1ccc(C(C)(C)C(=O)N2CCN(C(=O)C3=COCN3)CC2)cc1. The molecule has 250 valence electrons. The average Bonchev–Trinajstić information content (AvgIpc) is 3.56. The van der Waals surface area contributed by atoms with Gasteiger partial charge < -0.3 is 30.3 Å². The number of aryl methyl sites for hydroxylation is 2. The Kier molecular flexibility index (Phi) is 12.0. The Morgan fingerprint density at radius 1 is 0.957 bits per heavy atom. The lowest BCUT2D eigenvalue weighted by Gasteiger charge is -2.38. The first-order valence-electron chi connectivity index (χ1n) is 15.0. The Morgan fingerprint density at radius 3 is 2.07 bits per heavy atom. The smallest absolute Gasteiger partial charge is 0.433 e. The van der Waals surface area contributed by atoms with Crippen LogP contribution < -0.4 is 15.8 Å². The number of nitrogens with zero attached hydrogens (tertiary/aromatic N) is 3. The molecule has 2 amide bonds. The molecule has 0 bridgehead atoms. The second-order valence-corrected chi connectivity index (χ2v) is 12.0. The number of ether oxygens (including phenoxy) is 2. The van der Waals surface area contributed by atoms with E-state index < -0.39 is 17.3 Å². The van der Waals surface area contributed by atoms with Crippen LogP contribution in [-0.2, 0) is 25.9 Å². The van der Waals surface area contributed by atoms with Crippen LogP contribution in [0.15, 0.2) is 60.5 Å². The molecule has 5 rings (SSSR count). The molecule has 0 spiro atoms. The molecule has 2 aliphatic heterocycles. The number of halogens is 3. The summed E-state index contributed by atoms with van der Waals surface area (Å²) >= 11 is 0. The van der Waals surface area contributed by atoms with Gasteiger partial charge in [-0.3, -0.25) is 9.59 Å². The second-order valence-electron chi connectivity index (χ2n) is 12.0. The number of nitrogens with one attached hydrogen (secondary N) is 1. The Bertz CT molecular complexity index is 1530. The van der Waals surface area contributed by atoms with E-state index in [9.17, 15) is 22.8 Å². The number of aromatic nitrogens is 1. The molecule has 1 fully saturated rings. The lowest BCUT2D eigenvalue weighted by Crippen LogP contribution is -2.54. The van der Waals surface area contributed by atoms with E-state index in [1.165, 1.54) is 25.0 Å². The Labute approximate surface area is 268 Å². The van der Waals surface area contributed by atoms with Gasteiger partial charge in [0.25, 0.3) is 5.91 Å². The molecule has 3 aromatic rings. The van der Waals surface area contributed by atoms with Gasteiger partial charge in [0.15, 0.2) is 6.73 Å². The fourth-order valence-electron chi connectivity index (χ4n) is 4.84. The fraction of sp³-hybridized carbons (Fsp3) is 0.441. The maximum Gasteiger partial charge on any atom is 0.433 e. The number of rotatable bonds is 4. The summed E-state index contributed by atoms with van der Waals surface area (Å²) in [4.78, 5) is 32.6. The van der Waals surface area contributed by atoms with E-state index in [1.54, 1.807) is 17.0 Å². The third kappa shape index (κ3) is 9.12. The van der Waals surface area contributed by atoms with Gasteiger partial charge in [-0.05, 0) is 57.0 Å². The molecule has 0 aliphatic carbocycles. The van der Waals surface area contributed by atoms with Gasteiger partial charge in [0.2, 0.25) is 5.91 Å². The van der Waals surface area contributed by atoms with Crippen molar-refractivity contribution in [2.45, 2.75) is 59.2 Å². The van der Waals surface area contributed by atoms with Crippen molar-refractivity contribution in [2.24, 2.45) is 5.73 Å². The molecule has 0 atom stereocenters. The first-order valence-corrected chi connectivity index (χ1v) is 15.0. The number of piperazine rings is 1. The van der Waals surface area contributed by atoms with Crippen molar-refractivity contribution in [3.8, 4) is 5.75 Å². The second kappa shape index (κ2) is 15.3. The predicted octanol–water partition coefficient (Wildman–Crippen LogP) is 5.29. The van der Waals surface area contributed by atoms with Crippen molar-refractivity contribution in [1.82, 2.24) is 20.1 Å². The van der Waals surface area contributed by atoms with Crippen molar-refractivity contribution in [1.29, 1.82) is 0 Å². The molecule has 2 aromatic carbocycles. The standard InChI is InChI=1S/C19H25N3O3.C12H10F3NO.C3H9N/c1-14-4-6-15(7-5-14)19(2,3)18(24)22-10-8-21(9-11-22)17(23)16-12-25-13-20-16;1-7-3-5-9(17-2)11-8(7)4-6-10(16-11)12(13,14)15;1-3(2)4/h4-7,12,20H,8-11,13H2,1-3H3;3-6H,1-2H3;3H,4H2,1-2H3. The summed E-state index contributed by atoms with van der Waals surface area (Å²) in [5, 5.41) is 3.57. The van der Waals surface area contributed by atoms with Crippen LogP contribution in [0.4, 0.5) is 13.2 Å². The van der Waals surface area contributed by atoms with E-state index in [0.717, 1.165) is 17.2 Å². The normalized spacial score (nSPS) is 14.7. The number of carbonyl (C=O) groups excluding carboxylic acids is 2. The van der Waals surface area contributed by atoms with E-state index in [4.69, 9.17) is 15.2 Å². The molecular weight excluding hydrogens is 599 g/mol. The predicted molar refractivity (Wildman–Crippen MR) is 172 cm³/mol.